The van der Waals surface area contributed by atoms with Crippen LogP contribution in [-0.2, 0) is 4.79 Å². The van der Waals surface area contributed by atoms with Crippen molar-refractivity contribution in [2.24, 2.45) is 11.8 Å². The lowest BCUT2D eigenvalue weighted by Gasteiger charge is -2.01. The van der Waals surface area contributed by atoms with Gasteiger partial charge in [0, 0.05) is 24.3 Å². The Morgan fingerprint density at radius 1 is 1.45 bits per heavy atom. The van der Waals surface area contributed by atoms with Crippen LogP contribution in [0.5, 0.6) is 0 Å². The van der Waals surface area contributed by atoms with E-state index in [2.05, 4.69) is 4.98 Å². The molecule has 1 N–H and O–H groups in total. The highest BCUT2D eigenvalue weighted by atomic mass is 35.5. The lowest BCUT2D eigenvalue weighted by Crippen LogP contribution is -2.12. The zero-order chi connectivity index (χ0) is 14.4. The number of benzene rings is 1. The summed E-state index contributed by atoms with van der Waals surface area (Å²) in [6, 6.07) is 3.15. The summed E-state index contributed by atoms with van der Waals surface area (Å²) in [6.07, 6.45) is 0.489. The van der Waals surface area contributed by atoms with Crippen molar-refractivity contribution in [3.8, 4) is 0 Å². The number of aliphatic hydroxyl groups excluding tert-OH is 1. The Morgan fingerprint density at radius 3 is 2.90 bits per heavy atom. The van der Waals surface area contributed by atoms with Gasteiger partial charge < -0.3 is 9.52 Å². The highest BCUT2D eigenvalue weighted by Gasteiger charge is 2.47. The molecule has 6 heteroatoms. The van der Waals surface area contributed by atoms with Gasteiger partial charge in [0.1, 0.15) is 12.1 Å². The summed E-state index contributed by atoms with van der Waals surface area (Å²) in [5, 5.41) is 9.15. The lowest BCUT2D eigenvalue weighted by atomic mass is 10.0. The van der Waals surface area contributed by atoms with Crippen LogP contribution < -0.4 is 0 Å². The number of hydrogen-bond acceptors (Lipinski definition) is 5. The second-order valence-corrected chi connectivity index (χ2v) is 5.38. The first-order chi connectivity index (χ1) is 9.51. The summed E-state index contributed by atoms with van der Waals surface area (Å²) in [6.45, 7) is 1.18. The molecule has 20 heavy (non-hydrogen) atoms. The predicted molar refractivity (Wildman–Crippen MR) is 71.8 cm³/mol. The number of carbonyl (C=O) groups excluding carboxylic acids is 2. The molecule has 1 aromatic carbocycles. The number of oxazole rings is 1. The highest BCUT2D eigenvalue weighted by Crippen LogP contribution is 2.42. The first-order valence-electron chi connectivity index (χ1n) is 6.25. The maximum Gasteiger partial charge on any atom is 0.192 e. The molecule has 0 aliphatic heterocycles. The van der Waals surface area contributed by atoms with Crippen LogP contribution in [0.15, 0.2) is 16.5 Å². The van der Waals surface area contributed by atoms with E-state index in [-0.39, 0.29) is 23.4 Å². The third-order valence-electron chi connectivity index (χ3n) is 3.54. The SMILES string of the molecule is Cc1nc2c(Cl)cc(C(=O)[C@H]3C[C@@H]3C(=O)CO)cc2o1. The molecule has 5 nitrogen and oxygen atoms in total. The summed E-state index contributed by atoms with van der Waals surface area (Å²) >= 11 is 6.09. The predicted octanol–water partition coefficient (Wildman–Crippen LogP) is 2.17. The van der Waals surface area contributed by atoms with E-state index in [9.17, 15) is 9.59 Å². The standard InChI is InChI=1S/C14H12ClNO4/c1-6-16-13-10(15)2-7(3-12(13)20-6)14(19)9-4-8(9)11(18)5-17/h2-3,8-9,17H,4-5H2,1H3/t8-,9-/m0/s1. The topological polar surface area (TPSA) is 80.4 Å². The molecule has 1 aliphatic carbocycles. The molecule has 0 radical (unpaired) electrons. The minimum Gasteiger partial charge on any atom is -0.441 e. The number of aryl methyl sites for hydroxylation is 1. The normalized spacial score (nSPS) is 21.1. The number of aromatic nitrogens is 1. The highest BCUT2D eigenvalue weighted by molar-refractivity contribution is 6.35. The van der Waals surface area contributed by atoms with E-state index < -0.39 is 6.61 Å². The fourth-order valence-electron chi connectivity index (χ4n) is 2.41. The Bertz CT molecular complexity index is 721. The van der Waals surface area contributed by atoms with Crippen molar-refractivity contribution in [1.82, 2.24) is 4.98 Å². The van der Waals surface area contributed by atoms with Gasteiger partial charge in [-0.15, -0.1) is 0 Å². The quantitative estimate of drug-likeness (QED) is 0.874. The number of nitrogens with zero attached hydrogens (tertiary/aromatic N) is 1. The molecule has 1 fully saturated rings. The van der Waals surface area contributed by atoms with Crippen molar-refractivity contribution >= 4 is 34.3 Å². The summed E-state index contributed by atoms with van der Waals surface area (Å²) in [5.74, 6) is -0.669. The molecule has 1 heterocycles. The third-order valence-corrected chi connectivity index (χ3v) is 3.82. The summed E-state index contributed by atoms with van der Waals surface area (Å²) in [4.78, 5) is 27.8. The van der Waals surface area contributed by atoms with E-state index in [1.807, 2.05) is 0 Å². The molecule has 0 saturated heterocycles. The second kappa shape index (κ2) is 4.68. The largest absolute Gasteiger partial charge is 0.441 e. The number of carbonyl (C=O) groups is 2. The molecule has 0 amide bonds. The smallest absolute Gasteiger partial charge is 0.192 e. The van der Waals surface area contributed by atoms with Gasteiger partial charge in [-0.3, -0.25) is 9.59 Å². The number of aliphatic hydroxyl groups is 1. The minimum atomic E-state index is -0.518. The van der Waals surface area contributed by atoms with Gasteiger partial charge in [-0.1, -0.05) is 11.6 Å². The maximum atomic E-state index is 12.3. The van der Waals surface area contributed by atoms with Crippen molar-refractivity contribution in [2.75, 3.05) is 6.61 Å². The molecule has 104 valence electrons. The van der Waals surface area contributed by atoms with Crippen molar-refractivity contribution in [3.05, 3.63) is 28.6 Å². The van der Waals surface area contributed by atoms with E-state index in [1.165, 1.54) is 0 Å². The number of Topliss-reactive ketones (excluding diaryl/α,β-unsaturated/α-hetero) is 2. The third kappa shape index (κ3) is 2.13. The molecule has 1 aliphatic rings. The summed E-state index contributed by atoms with van der Waals surface area (Å²) in [5.41, 5.74) is 1.40. The van der Waals surface area contributed by atoms with Crippen molar-refractivity contribution in [3.63, 3.8) is 0 Å². The van der Waals surface area contributed by atoms with Crippen LogP contribution >= 0.6 is 11.6 Å². The van der Waals surface area contributed by atoms with Crippen molar-refractivity contribution < 1.29 is 19.1 Å². The van der Waals surface area contributed by atoms with Crippen LogP contribution in [0.4, 0.5) is 0 Å². The van der Waals surface area contributed by atoms with E-state index >= 15 is 0 Å². The molecular formula is C14H12ClNO4. The Labute approximate surface area is 119 Å². The minimum absolute atomic E-state index is 0.144. The van der Waals surface area contributed by atoms with Crippen molar-refractivity contribution in [2.45, 2.75) is 13.3 Å². The number of rotatable bonds is 4. The fraction of sp³-hybridized carbons (Fsp3) is 0.357. The number of halogens is 1. The Hall–Kier alpha value is -1.72. The number of hydrogen-bond donors (Lipinski definition) is 1. The Morgan fingerprint density at radius 2 is 2.20 bits per heavy atom. The molecule has 0 unspecified atom stereocenters. The van der Waals surface area contributed by atoms with Gasteiger partial charge in [-0.25, -0.2) is 4.98 Å². The van der Waals surface area contributed by atoms with Gasteiger partial charge in [-0.05, 0) is 18.6 Å². The molecular weight excluding hydrogens is 282 g/mol. The maximum absolute atomic E-state index is 12.3. The average Bonchev–Trinajstić information content (AvgIpc) is 3.12. The van der Waals surface area contributed by atoms with Gasteiger partial charge in [0.15, 0.2) is 23.0 Å². The lowest BCUT2D eigenvalue weighted by molar-refractivity contribution is -0.123. The molecule has 1 saturated carbocycles. The van der Waals surface area contributed by atoms with Crippen molar-refractivity contribution in [1.29, 1.82) is 0 Å². The second-order valence-electron chi connectivity index (χ2n) is 4.98. The average molecular weight is 294 g/mol. The summed E-state index contributed by atoms with van der Waals surface area (Å²) < 4.78 is 5.38. The van der Waals surface area contributed by atoms with E-state index in [4.69, 9.17) is 21.1 Å². The Kier molecular flexibility index (Phi) is 3.11. The molecule has 0 spiro atoms. The number of ketones is 2. The van der Waals surface area contributed by atoms with E-state index in [0.717, 1.165) is 0 Å². The molecule has 1 aromatic heterocycles. The first kappa shape index (κ1) is 13.3. The zero-order valence-corrected chi connectivity index (χ0v) is 11.5. The monoisotopic (exact) mass is 293 g/mol. The fourth-order valence-corrected chi connectivity index (χ4v) is 2.67. The van der Waals surface area contributed by atoms with Crippen LogP contribution in [0.1, 0.15) is 22.7 Å². The van der Waals surface area contributed by atoms with E-state index in [0.29, 0.717) is 34.0 Å². The van der Waals surface area contributed by atoms with E-state index in [1.54, 1.807) is 19.1 Å². The van der Waals surface area contributed by atoms with Gasteiger partial charge in [0.05, 0.1) is 5.02 Å². The van der Waals surface area contributed by atoms with Crippen LogP contribution in [0.25, 0.3) is 11.1 Å². The molecule has 0 bridgehead atoms. The van der Waals surface area contributed by atoms with Crippen LogP contribution in [0.3, 0.4) is 0 Å². The molecule has 2 aromatic rings. The van der Waals surface area contributed by atoms with Crippen LogP contribution in [0, 0.1) is 18.8 Å². The molecule has 2 atom stereocenters. The Balaban J connectivity index is 1.91. The zero-order valence-electron chi connectivity index (χ0n) is 10.7. The summed E-state index contributed by atoms with van der Waals surface area (Å²) in [7, 11) is 0. The van der Waals surface area contributed by atoms with Gasteiger partial charge in [-0.2, -0.15) is 0 Å². The van der Waals surface area contributed by atoms with Gasteiger partial charge >= 0.3 is 0 Å². The molecule has 3 rings (SSSR count). The van der Waals surface area contributed by atoms with Gasteiger partial charge in [0.2, 0.25) is 0 Å². The van der Waals surface area contributed by atoms with Gasteiger partial charge in [0.25, 0.3) is 0 Å². The van der Waals surface area contributed by atoms with Crippen LogP contribution in [0.2, 0.25) is 5.02 Å². The first-order valence-corrected chi connectivity index (χ1v) is 6.63. The van der Waals surface area contributed by atoms with Crippen LogP contribution in [-0.4, -0.2) is 28.3 Å². The number of fused-ring (bicyclic) bond motifs is 1.